The summed E-state index contributed by atoms with van der Waals surface area (Å²) in [4.78, 5) is 37.6. The molecule has 0 aliphatic heterocycles. The highest BCUT2D eigenvalue weighted by Gasteiger charge is 2.17. The monoisotopic (exact) mass is 536 g/mol. The lowest BCUT2D eigenvalue weighted by molar-refractivity contribution is -0.390. The molecule has 0 aliphatic rings. The number of likely N-dealkylation sites (N-methyl/N-ethyl adjacent to an activating group) is 1. The van der Waals surface area contributed by atoms with Crippen LogP contribution in [0, 0.1) is 13.8 Å². The molecule has 3 rings (SSSR count). The fourth-order valence-electron chi connectivity index (χ4n) is 2.88. The van der Waals surface area contributed by atoms with Gasteiger partial charge in [-0.1, -0.05) is 19.1 Å². The normalized spacial score (nSPS) is 10.9. The minimum atomic E-state index is -0.570. The summed E-state index contributed by atoms with van der Waals surface area (Å²) in [5.74, 6) is -0.439. The minimum Gasteiger partial charge on any atom is -0.484 e. The Morgan fingerprint density at radius 1 is 1.19 bits per heavy atom. The van der Waals surface area contributed by atoms with Crippen LogP contribution in [-0.4, -0.2) is 63.5 Å². The molecule has 10 nitrogen and oxygen atoms in total. The molecule has 0 spiro atoms. The predicted molar refractivity (Wildman–Crippen MR) is 123 cm³/mol. The van der Waals surface area contributed by atoms with Gasteiger partial charge in [0.2, 0.25) is 5.75 Å². The van der Waals surface area contributed by atoms with Crippen molar-refractivity contribution in [2.75, 3.05) is 32.8 Å². The number of rotatable bonds is 10. The highest BCUT2D eigenvalue weighted by atomic mass is 127. The van der Waals surface area contributed by atoms with Crippen LogP contribution in [0.3, 0.4) is 0 Å². The van der Waals surface area contributed by atoms with E-state index < -0.39 is 4.92 Å². The number of halogens is 1. The maximum absolute atomic E-state index is 12.5. The number of pyridine rings is 1. The number of fused-ring (bicyclic) bond motifs is 1. The van der Waals surface area contributed by atoms with Crippen LogP contribution in [0.25, 0.3) is 11.0 Å². The summed E-state index contributed by atoms with van der Waals surface area (Å²) in [6.07, 6.45) is 1.35. The van der Waals surface area contributed by atoms with E-state index in [1.807, 2.05) is 53.8 Å². The van der Waals surface area contributed by atoms with Gasteiger partial charge in [0.25, 0.3) is 5.91 Å². The summed E-state index contributed by atoms with van der Waals surface area (Å²) in [6, 6.07) is 10.5. The minimum absolute atomic E-state index is 0.140. The van der Waals surface area contributed by atoms with Crippen LogP contribution in [0.15, 0.2) is 42.6 Å². The highest BCUT2D eigenvalue weighted by Crippen LogP contribution is 2.22. The first kappa shape index (κ1) is 22.7. The molecule has 0 aliphatic carbocycles. The van der Waals surface area contributed by atoms with Gasteiger partial charge in [0.15, 0.2) is 5.69 Å². The van der Waals surface area contributed by atoms with E-state index in [9.17, 15) is 14.9 Å². The number of carbonyl (C=O) groups is 1. The second-order valence-corrected chi connectivity index (χ2v) is 7.49. The number of para-hydroxylation sites is 2. The Bertz CT molecular complexity index is 1080. The van der Waals surface area contributed by atoms with Crippen LogP contribution in [0.5, 0.6) is 5.75 Å². The Morgan fingerprint density at radius 3 is 2.65 bits per heavy atom. The third-order valence-corrected chi connectivity index (χ3v) is 5.24. The zero-order valence-electron chi connectivity index (χ0n) is 16.8. The van der Waals surface area contributed by atoms with Crippen molar-refractivity contribution in [3.63, 3.8) is 0 Å². The molecule has 0 saturated heterocycles. The van der Waals surface area contributed by atoms with Crippen LogP contribution < -0.4 is 10.1 Å². The van der Waals surface area contributed by atoms with E-state index in [2.05, 4.69) is 25.2 Å². The smallest absolute Gasteiger partial charge is 0.406 e. The van der Waals surface area contributed by atoms with Gasteiger partial charge in [-0.15, -0.1) is 0 Å². The van der Waals surface area contributed by atoms with Gasteiger partial charge in [0.05, 0.1) is 11.0 Å². The summed E-state index contributed by atoms with van der Waals surface area (Å²) in [5.41, 5.74) is 1.72. The van der Waals surface area contributed by atoms with Crippen LogP contribution in [0.2, 0.25) is 0 Å². The third-order valence-electron chi connectivity index (χ3n) is 4.49. The topological polar surface area (TPSA) is 123 Å². The van der Waals surface area contributed by atoms with Crippen molar-refractivity contribution in [2.24, 2.45) is 0 Å². The number of hydrogen-bond donors (Lipinski definition) is 1. The van der Waals surface area contributed by atoms with Crippen LogP contribution in [0.1, 0.15) is 17.4 Å². The fraction of sp³-hybridized carbons (Fsp3) is 0.300. The molecule has 2 heterocycles. The molecule has 11 heteroatoms. The lowest BCUT2D eigenvalue weighted by atomic mass is 10.3. The average Bonchev–Trinajstić information content (AvgIpc) is 2.77. The summed E-state index contributed by atoms with van der Waals surface area (Å²) in [7, 11) is 0. The van der Waals surface area contributed by atoms with Gasteiger partial charge in [-0.2, -0.15) is 0 Å². The second-order valence-electron chi connectivity index (χ2n) is 6.47. The zero-order valence-corrected chi connectivity index (χ0v) is 19.0. The van der Waals surface area contributed by atoms with Gasteiger partial charge in [-0.3, -0.25) is 9.69 Å². The van der Waals surface area contributed by atoms with E-state index in [4.69, 9.17) is 4.74 Å². The summed E-state index contributed by atoms with van der Waals surface area (Å²) in [6.45, 7) is 4.56. The average molecular weight is 536 g/mol. The highest BCUT2D eigenvalue weighted by molar-refractivity contribution is 14.1. The van der Waals surface area contributed by atoms with Gasteiger partial charge in [0, 0.05) is 19.6 Å². The molecule has 0 atom stereocenters. The number of carbonyl (C=O) groups excluding carboxylic acids is 1. The molecule has 1 N–H and O–H groups in total. The number of hydrogen-bond acceptors (Lipinski definition) is 8. The van der Waals surface area contributed by atoms with Gasteiger partial charge in [0.1, 0.15) is 16.5 Å². The number of ether oxygens (including phenoxy) is 1. The molecule has 0 saturated carbocycles. The number of amides is 1. The molecular formula is C20H21IN6O4. The van der Waals surface area contributed by atoms with Gasteiger partial charge in [-0.05, 0) is 63.3 Å². The fourth-order valence-corrected chi connectivity index (χ4v) is 3.50. The number of nitro groups is 1. The van der Waals surface area contributed by atoms with E-state index in [-0.39, 0.29) is 24.1 Å². The van der Waals surface area contributed by atoms with Crippen molar-refractivity contribution < 1.29 is 14.5 Å². The summed E-state index contributed by atoms with van der Waals surface area (Å²) < 4.78 is 6.08. The van der Waals surface area contributed by atoms with Crippen molar-refractivity contribution >= 4 is 45.3 Å². The summed E-state index contributed by atoms with van der Waals surface area (Å²) in [5, 5.41) is 13.9. The SMILES string of the molecule is CCN(CCNC(=O)c1nc2ccccc2nc1I)CCOc1cccnc1[N+](=O)[O-]. The standard InChI is InChI=1S/C20H21IN6O4/c1-2-26(12-13-31-16-8-5-9-22-19(16)27(29)30)11-10-23-20(28)17-18(21)25-15-7-4-3-6-14(15)24-17/h3-9H,2,10-13H2,1H3,(H,23,28). The Balaban J connectivity index is 1.49. The van der Waals surface area contributed by atoms with Gasteiger partial charge >= 0.3 is 5.82 Å². The Labute approximate surface area is 192 Å². The maximum Gasteiger partial charge on any atom is 0.406 e. The van der Waals surface area contributed by atoms with Gasteiger partial charge < -0.3 is 20.2 Å². The van der Waals surface area contributed by atoms with E-state index in [1.54, 1.807) is 6.07 Å². The molecule has 2 aromatic heterocycles. The molecule has 0 unspecified atom stereocenters. The zero-order chi connectivity index (χ0) is 22.2. The van der Waals surface area contributed by atoms with Crippen LogP contribution >= 0.6 is 22.6 Å². The summed E-state index contributed by atoms with van der Waals surface area (Å²) >= 11 is 2.01. The van der Waals surface area contributed by atoms with E-state index >= 15 is 0 Å². The van der Waals surface area contributed by atoms with E-state index in [0.29, 0.717) is 34.5 Å². The third kappa shape index (κ3) is 6.04. The first-order valence-corrected chi connectivity index (χ1v) is 10.7. The molecule has 162 valence electrons. The van der Waals surface area contributed by atoms with E-state index in [0.717, 1.165) is 12.1 Å². The lowest BCUT2D eigenvalue weighted by Gasteiger charge is -2.20. The number of benzene rings is 1. The van der Waals surface area contributed by atoms with Gasteiger partial charge in [-0.25, -0.2) is 9.97 Å². The number of nitrogens with zero attached hydrogens (tertiary/aromatic N) is 5. The predicted octanol–water partition coefficient (Wildman–Crippen LogP) is 2.67. The number of aromatic nitrogens is 3. The number of nitrogens with one attached hydrogen (secondary N) is 1. The molecule has 1 aromatic carbocycles. The van der Waals surface area contributed by atoms with Crippen molar-refractivity contribution in [2.45, 2.75) is 6.92 Å². The Kier molecular flexibility index (Phi) is 8.00. The Morgan fingerprint density at radius 2 is 1.94 bits per heavy atom. The van der Waals surface area contributed by atoms with Crippen molar-refractivity contribution in [3.8, 4) is 5.75 Å². The van der Waals surface area contributed by atoms with Crippen molar-refractivity contribution in [1.82, 2.24) is 25.2 Å². The van der Waals surface area contributed by atoms with Crippen LogP contribution in [0.4, 0.5) is 5.82 Å². The quantitative estimate of drug-likeness (QED) is 0.239. The van der Waals surface area contributed by atoms with Crippen molar-refractivity contribution in [3.05, 3.63) is 62.1 Å². The van der Waals surface area contributed by atoms with E-state index in [1.165, 1.54) is 12.3 Å². The molecule has 3 aromatic rings. The molecule has 0 bridgehead atoms. The second kappa shape index (κ2) is 10.9. The molecule has 0 radical (unpaired) electrons. The first-order valence-electron chi connectivity index (χ1n) is 9.64. The first-order chi connectivity index (χ1) is 15.0. The molecule has 0 fully saturated rings. The largest absolute Gasteiger partial charge is 0.484 e. The Hall–Kier alpha value is -2.93. The van der Waals surface area contributed by atoms with Crippen LogP contribution in [-0.2, 0) is 0 Å². The molecule has 1 amide bonds. The molecular weight excluding hydrogens is 515 g/mol. The molecule has 31 heavy (non-hydrogen) atoms. The van der Waals surface area contributed by atoms with Crippen molar-refractivity contribution in [1.29, 1.82) is 0 Å². The lowest BCUT2D eigenvalue weighted by Crippen LogP contribution is -2.37. The maximum atomic E-state index is 12.5.